The van der Waals surface area contributed by atoms with Crippen LogP contribution in [0, 0.1) is 0 Å². The van der Waals surface area contributed by atoms with Gasteiger partial charge >= 0.3 is 0 Å². The van der Waals surface area contributed by atoms with Gasteiger partial charge in [-0.05, 0) is 61.9 Å². The lowest BCUT2D eigenvalue weighted by molar-refractivity contribution is -0.118. The molecule has 1 atom stereocenters. The SMILES string of the molecule is COc1ccc(N2CCC(C)(C(=O)Nc3ccc(OC4CSC4)cc3)S2(=O)=O)cc1. The first-order valence-corrected chi connectivity index (χ1v) is 12.3. The molecule has 4 rings (SSSR count). The zero-order chi connectivity index (χ0) is 21.4. The second-order valence-electron chi connectivity index (χ2n) is 7.51. The zero-order valence-electron chi connectivity index (χ0n) is 16.8. The molecule has 2 saturated heterocycles. The Bertz CT molecular complexity index is 1020. The summed E-state index contributed by atoms with van der Waals surface area (Å²) >= 11 is 1.84. The number of anilines is 2. The Labute approximate surface area is 180 Å². The number of amides is 1. The molecule has 2 fully saturated rings. The van der Waals surface area contributed by atoms with Crippen LogP contribution in [0.2, 0.25) is 0 Å². The number of nitrogens with one attached hydrogen (secondary N) is 1. The Balaban J connectivity index is 1.47. The summed E-state index contributed by atoms with van der Waals surface area (Å²) in [4.78, 5) is 13.0. The lowest BCUT2D eigenvalue weighted by atomic mass is 10.1. The number of carbonyl (C=O) groups is 1. The predicted molar refractivity (Wildman–Crippen MR) is 119 cm³/mol. The normalized spacial score (nSPS) is 22.9. The highest BCUT2D eigenvalue weighted by Gasteiger charge is 2.54. The van der Waals surface area contributed by atoms with E-state index in [1.54, 1.807) is 55.6 Å². The smallest absolute Gasteiger partial charge is 0.249 e. The molecule has 2 aliphatic rings. The highest BCUT2D eigenvalue weighted by molar-refractivity contribution is 8.00. The Morgan fingerprint density at radius 1 is 1.10 bits per heavy atom. The number of methoxy groups -OCH3 is 1. The third-order valence-corrected chi connectivity index (χ3v) is 9.23. The number of ether oxygens (including phenoxy) is 2. The maximum absolute atomic E-state index is 13.2. The van der Waals surface area contributed by atoms with Crippen molar-refractivity contribution in [3.8, 4) is 11.5 Å². The second kappa shape index (κ2) is 8.03. The van der Waals surface area contributed by atoms with E-state index in [0.29, 0.717) is 17.1 Å². The summed E-state index contributed by atoms with van der Waals surface area (Å²) in [5.41, 5.74) is 1.05. The molecule has 0 saturated carbocycles. The Morgan fingerprint density at radius 3 is 2.30 bits per heavy atom. The monoisotopic (exact) mass is 448 g/mol. The maximum atomic E-state index is 13.2. The highest BCUT2D eigenvalue weighted by Crippen LogP contribution is 2.38. The van der Waals surface area contributed by atoms with E-state index >= 15 is 0 Å². The molecule has 2 heterocycles. The van der Waals surface area contributed by atoms with Crippen molar-refractivity contribution in [2.45, 2.75) is 24.2 Å². The van der Waals surface area contributed by atoms with Gasteiger partial charge in [0.15, 0.2) is 4.75 Å². The Kier molecular flexibility index (Phi) is 5.59. The average molecular weight is 449 g/mol. The number of benzene rings is 2. The third kappa shape index (κ3) is 3.72. The van der Waals surface area contributed by atoms with Gasteiger partial charge in [0.05, 0.1) is 12.8 Å². The van der Waals surface area contributed by atoms with Crippen LogP contribution in [0.1, 0.15) is 13.3 Å². The molecule has 0 radical (unpaired) electrons. The van der Waals surface area contributed by atoms with Crippen LogP contribution in [0.5, 0.6) is 11.5 Å². The van der Waals surface area contributed by atoms with Crippen molar-refractivity contribution in [1.82, 2.24) is 0 Å². The van der Waals surface area contributed by atoms with Gasteiger partial charge in [-0.2, -0.15) is 11.8 Å². The molecule has 30 heavy (non-hydrogen) atoms. The molecule has 0 aliphatic carbocycles. The van der Waals surface area contributed by atoms with Gasteiger partial charge in [-0.3, -0.25) is 9.10 Å². The summed E-state index contributed by atoms with van der Waals surface area (Å²) in [5.74, 6) is 2.81. The summed E-state index contributed by atoms with van der Waals surface area (Å²) < 4.78 is 37.1. The van der Waals surface area contributed by atoms with Crippen LogP contribution >= 0.6 is 11.8 Å². The van der Waals surface area contributed by atoms with Crippen molar-refractivity contribution in [3.05, 3.63) is 48.5 Å². The summed E-state index contributed by atoms with van der Waals surface area (Å²) in [7, 11) is -2.34. The van der Waals surface area contributed by atoms with Crippen molar-refractivity contribution in [2.75, 3.05) is 34.8 Å². The van der Waals surface area contributed by atoms with Crippen molar-refractivity contribution in [2.24, 2.45) is 0 Å². The molecule has 0 aromatic heterocycles. The second-order valence-corrected chi connectivity index (χ2v) is 10.9. The van der Waals surface area contributed by atoms with E-state index in [4.69, 9.17) is 9.47 Å². The molecule has 2 aromatic carbocycles. The van der Waals surface area contributed by atoms with Crippen LogP contribution in [-0.2, 0) is 14.8 Å². The van der Waals surface area contributed by atoms with E-state index in [-0.39, 0.29) is 19.1 Å². The topological polar surface area (TPSA) is 84.9 Å². The molecule has 1 unspecified atom stereocenters. The number of nitrogens with zero attached hydrogens (tertiary/aromatic N) is 1. The molecular formula is C21H24N2O5S2. The summed E-state index contributed by atoms with van der Waals surface area (Å²) in [5, 5.41) is 2.75. The van der Waals surface area contributed by atoms with Gasteiger partial charge in [0, 0.05) is 23.7 Å². The lowest BCUT2D eigenvalue weighted by Crippen LogP contribution is -2.47. The fraction of sp³-hybridized carbons (Fsp3) is 0.381. The van der Waals surface area contributed by atoms with Crippen molar-refractivity contribution >= 4 is 39.1 Å². The number of rotatable bonds is 6. The van der Waals surface area contributed by atoms with Gasteiger partial charge < -0.3 is 14.8 Å². The number of hydrogen-bond donors (Lipinski definition) is 1. The molecule has 1 amide bonds. The summed E-state index contributed by atoms with van der Waals surface area (Å²) in [6.45, 7) is 1.72. The first-order chi connectivity index (χ1) is 14.3. The average Bonchev–Trinajstić information content (AvgIpc) is 2.96. The minimum absolute atomic E-state index is 0.202. The van der Waals surface area contributed by atoms with E-state index < -0.39 is 20.7 Å². The number of carbonyl (C=O) groups excluding carboxylic acids is 1. The Hall–Kier alpha value is -2.39. The van der Waals surface area contributed by atoms with Crippen LogP contribution in [0.15, 0.2) is 48.5 Å². The lowest BCUT2D eigenvalue weighted by Gasteiger charge is -2.26. The van der Waals surface area contributed by atoms with Crippen molar-refractivity contribution in [1.29, 1.82) is 0 Å². The van der Waals surface area contributed by atoms with Gasteiger partial charge in [0.2, 0.25) is 15.9 Å². The van der Waals surface area contributed by atoms with E-state index in [1.807, 2.05) is 11.8 Å². The molecule has 9 heteroatoms. The van der Waals surface area contributed by atoms with Gasteiger partial charge in [-0.15, -0.1) is 0 Å². The number of thioether (sulfide) groups is 1. The summed E-state index contributed by atoms with van der Waals surface area (Å²) in [6, 6.07) is 13.8. The fourth-order valence-electron chi connectivity index (χ4n) is 3.41. The highest BCUT2D eigenvalue weighted by atomic mass is 32.2. The molecule has 1 N–H and O–H groups in total. The first kappa shape index (κ1) is 20.9. The van der Waals surface area contributed by atoms with Crippen molar-refractivity contribution < 1.29 is 22.7 Å². The van der Waals surface area contributed by atoms with Crippen LogP contribution in [0.25, 0.3) is 0 Å². The molecule has 2 aromatic rings. The first-order valence-electron chi connectivity index (χ1n) is 9.66. The minimum atomic E-state index is -3.89. The molecule has 0 bridgehead atoms. The van der Waals surface area contributed by atoms with E-state index in [1.165, 1.54) is 11.2 Å². The van der Waals surface area contributed by atoms with Gasteiger partial charge in [0.1, 0.15) is 17.6 Å². The van der Waals surface area contributed by atoms with E-state index in [2.05, 4.69) is 5.32 Å². The van der Waals surface area contributed by atoms with Crippen LogP contribution in [0.3, 0.4) is 0 Å². The standard InChI is InChI=1S/C21H24N2O5S2/c1-21(11-12-23(30(21,25)26)16-5-9-17(27-2)10-6-16)20(24)22-15-3-7-18(8-4-15)28-19-13-29-14-19/h3-10,19H,11-14H2,1-2H3,(H,22,24). The number of hydrogen-bond acceptors (Lipinski definition) is 6. The van der Waals surface area contributed by atoms with Crippen LogP contribution < -0.4 is 19.1 Å². The minimum Gasteiger partial charge on any atom is -0.497 e. The largest absolute Gasteiger partial charge is 0.497 e. The van der Waals surface area contributed by atoms with Gasteiger partial charge in [-0.1, -0.05) is 0 Å². The molecular weight excluding hydrogens is 424 g/mol. The summed E-state index contributed by atoms with van der Waals surface area (Å²) in [6.07, 6.45) is 0.440. The van der Waals surface area contributed by atoms with Crippen LogP contribution in [0.4, 0.5) is 11.4 Å². The Morgan fingerprint density at radius 2 is 1.73 bits per heavy atom. The fourth-order valence-corrected chi connectivity index (χ4v) is 5.83. The van der Waals surface area contributed by atoms with Gasteiger partial charge in [-0.25, -0.2) is 8.42 Å². The van der Waals surface area contributed by atoms with E-state index in [0.717, 1.165) is 17.3 Å². The molecule has 2 aliphatic heterocycles. The maximum Gasteiger partial charge on any atom is 0.249 e. The molecule has 7 nitrogen and oxygen atoms in total. The van der Waals surface area contributed by atoms with E-state index in [9.17, 15) is 13.2 Å². The zero-order valence-corrected chi connectivity index (χ0v) is 18.5. The predicted octanol–water partition coefficient (Wildman–Crippen LogP) is 3.13. The van der Waals surface area contributed by atoms with Crippen LogP contribution in [-0.4, -0.2) is 50.3 Å². The number of sulfonamides is 1. The quantitative estimate of drug-likeness (QED) is 0.731. The molecule has 160 valence electrons. The van der Waals surface area contributed by atoms with Crippen molar-refractivity contribution in [3.63, 3.8) is 0 Å². The van der Waals surface area contributed by atoms with Gasteiger partial charge in [0.25, 0.3) is 0 Å². The molecule has 0 spiro atoms. The third-order valence-electron chi connectivity index (χ3n) is 5.51.